The van der Waals surface area contributed by atoms with Gasteiger partial charge in [-0.2, -0.15) is 0 Å². The molecule has 1 heterocycles. The lowest BCUT2D eigenvalue weighted by Crippen LogP contribution is -2.59. The Morgan fingerprint density at radius 3 is 2.60 bits per heavy atom. The van der Waals surface area contributed by atoms with Crippen LogP contribution in [-0.4, -0.2) is 33.8 Å². The smallest absolute Gasteiger partial charge is 0.312 e. The van der Waals surface area contributed by atoms with E-state index in [0.717, 1.165) is 32.1 Å². The van der Waals surface area contributed by atoms with E-state index in [2.05, 4.69) is 10.5 Å². The van der Waals surface area contributed by atoms with Gasteiger partial charge in [0.15, 0.2) is 11.9 Å². The number of carbonyl (C=O) groups excluding carboxylic acids is 2. The number of hydrogen-bond donors (Lipinski definition) is 2. The molecule has 2 N–H and O–H groups in total. The maximum atomic E-state index is 12.9. The number of carbonyl (C=O) groups is 2. The number of rotatable bonds is 4. The summed E-state index contributed by atoms with van der Waals surface area (Å²) >= 11 is 0. The zero-order chi connectivity index (χ0) is 17.8. The molecular weight excluding hydrogens is 324 g/mol. The van der Waals surface area contributed by atoms with Crippen molar-refractivity contribution in [1.29, 1.82) is 0 Å². The summed E-state index contributed by atoms with van der Waals surface area (Å²) < 4.78 is 10.4. The van der Waals surface area contributed by atoms with Crippen LogP contribution in [0.4, 0.5) is 5.82 Å². The second kappa shape index (κ2) is 5.56. The molecule has 1 amide bonds. The highest BCUT2D eigenvalue weighted by atomic mass is 16.5. The minimum atomic E-state index is -0.924. The summed E-state index contributed by atoms with van der Waals surface area (Å²) in [5.41, 5.74) is -1.36. The first kappa shape index (κ1) is 16.6. The van der Waals surface area contributed by atoms with E-state index < -0.39 is 23.0 Å². The number of aryl methyl sites for hydroxylation is 1. The zero-order valence-electron chi connectivity index (χ0n) is 14.6. The highest BCUT2D eigenvalue weighted by molar-refractivity contribution is 5.94. The predicted octanol–water partition coefficient (Wildman–Crippen LogP) is 2.18. The van der Waals surface area contributed by atoms with Crippen molar-refractivity contribution < 1.29 is 24.0 Å². The van der Waals surface area contributed by atoms with E-state index in [0.29, 0.717) is 29.8 Å². The Kier molecular flexibility index (Phi) is 3.68. The van der Waals surface area contributed by atoms with E-state index in [1.807, 2.05) is 0 Å². The Bertz CT molecular complexity index is 698. The van der Waals surface area contributed by atoms with Crippen molar-refractivity contribution in [3.8, 4) is 0 Å². The molecule has 3 unspecified atom stereocenters. The maximum absolute atomic E-state index is 12.9. The lowest BCUT2D eigenvalue weighted by Gasteiger charge is -2.58. The summed E-state index contributed by atoms with van der Waals surface area (Å²) in [6.45, 7) is 3.28. The van der Waals surface area contributed by atoms with Gasteiger partial charge in [0.2, 0.25) is 0 Å². The van der Waals surface area contributed by atoms with Crippen LogP contribution in [-0.2, 0) is 14.3 Å². The largest absolute Gasteiger partial charge is 0.452 e. The van der Waals surface area contributed by atoms with Crippen LogP contribution in [0.25, 0.3) is 0 Å². The normalized spacial score (nSPS) is 36.9. The summed E-state index contributed by atoms with van der Waals surface area (Å²) in [5, 5.41) is 17.0. The van der Waals surface area contributed by atoms with Gasteiger partial charge in [0, 0.05) is 6.07 Å². The van der Waals surface area contributed by atoms with Crippen LogP contribution in [0.2, 0.25) is 0 Å². The molecule has 4 saturated carbocycles. The Hall–Kier alpha value is -1.89. The van der Waals surface area contributed by atoms with Gasteiger partial charge in [-0.3, -0.25) is 9.59 Å². The number of aromatic nitrogens is 1. The molecule has 0 aliphatic heterocycles. The van der Waals surface area contributed by atoms with E-state index in [-0.39, 0.29) is 5.97 Å². The Balaban J connectivity index is 1.42. The van der Waals surface area contributed by atoms with Crippen molar-refractivity contribution in [2.45, 2.75) is 64.1 Å². The van der Waals surface area contributed by atoms with Crippen LogP contribution < -0.4 is 5.32 Å². The standard InChI is InChI=1S/C18H24N2O5/c1-10-3-14(20-25-10)19-15(21)11(2)24-16(22)17-5-12-4-13(6-17)8-18(23,7-12)9-17/h3,11-13,23H,4-9H2,1-2H3,(H,19,20,21). The van der Waals surface area contributed by atoms with Gasteiger partial charge in [-0.1, -0.05) is 5.16 Å². The van der Waals surface area contributed by atoms with Crippen molar-refractivity contribution in [3.63, 3.8) is 0 Å². The van der Waals surface area contributed by atoms with Crippen LogP contribution in [0.15, 0.2) is 10.6 Å². The topological polar surface area (TPSA) is 102 Å². The molecule has 7 heteroatoms. The molecule has 3 atom stereocenters. The third kappa shape index (κ3) is 2.94. The fourth-order valence-corrected chi connectivity index (χ4v) is 5.45. The lowest BCUT2D eigenvalue weighted by atomic mass is 9.48. The third-order valence-corrected chi connectivity index (χ3v) is 6.00. The van der Waals surface area contributed by atoms with E-state index in [4.69, 9.17) is 9.26 Å². The number of nitrogens with zero attached hydrogens (tertiary/aromatic N) is 1. The van der Waals surface area contributed by atoms with Gasteiger partial charge in [0.25, 0.3) is 5.91 Å². The molecule has 0 radical (unpaired) electrons. The summed E-state index contributed by atoms with van der Waals surface area (Å²) in [6.07, 6.45) is 3.75. The molecule has 136 valence electrons. The highest BCUT2D eigenvalue weighted by Gasteiger charge is 2.61. The first-order valence-corrected chi connectivity index (χ1v) is 8.95. The molecule has 4 aliphatic carbocycles. The Labute approximate surface area is 146 Å². The van der Waals surface area contributed by atoms with Crippen LogP contribution in [0.1, 0.15) is 51.2 Å². The van der Waals surface area contributed by atoms with Crippen molar-refractivity contribution in [2.24, 2.45) is 17.3 Å². The van der Waals surface area contributed by atoms with Crippen molar-refractivity contribution >= 4 is 17.7 Å². The van der Waals surface area contributed by atoms with Gasteiger partial charge in [0.1, 0.15) is 5.76 Å². The SMILES string of the molecule is Cc1cc(NC(=O)C(C)OC(=O)C23CC4CC(CC(O)(C4)C2)C3)no1. The first-order chi connectivity index (χ1) is 11.8. The average molecular weight is 348 g/mol. The number of anilines is 1. The van der Waals surface area contributed by atoms with Crippen LogP contribution in [0.5, 0.6) is 0 Å². The average Bonchev–Trinajstić information content (AvgIpc) is 2.89. The molecule has 1 aromatic heterocycles. The van der Waals surface area contributed by atoms with E-state index in [9.17, 15) is 14.7 Å². The maximum Gasteiger partial charge on any atom is 0.312 e. The molecule has 7 nitrogen and oxygen atoms in total. The quantitative estimate of drug-likeness (QED) is 0.809. The molecule has 25 heavy (non-hydrogen) atoms. The molecule has 4 fully saturated rings. The number of nitrogens with one attached hydrogen (secondary N) is 1. The minimum Gasteiger partial charge on any atom is -0.452 e. The second-order valence-corrected chi connectivity index (χ2v) is 8.33. The van der Waals surface area contributed by atoms with Crippen molar-refractivity contribution in [3.05, 3.63) is 11.8 Å². The molecular formula is C18H24N2O5. The Morgan fingerprint density at radius 1 is 1.36 bits per heavy atom. The van der Waals surface area contributed by atoms with Gasteiger partial charge < -0.3 is 19.7 Å². The molecule has 0 aromatic carbocycles. The second-order valence-electron chi connectivity index (χ2n) is 8.33. The molecule has 0 saturated heterocycles. The summed E-state index contributed by atoms with van der Waals surface area (Å²) in [7, 11) is 0. The van der Waals surface area contributed by atoms with Crippen LogP contribution in [0, 0.1) is 24.2 Å². The lowest BCUT2D eigenvalue weighted by molar-refractivity contribution is -0.199. The van der Waals surface area contributed by atoms with E-state index in [1.165, 1.54) is 0 Å². The van der Waals surface area contributed by atoms with Crippen LogP contribution >= 0.6 is 0 Å². The van der Waals surface area contributed by atoms with Gasteiger partial charge in [-0.25, -0.2) is 0 Å². The molecule has 0 spiro atoms. The first-order valence-electron chi connectivity index (χ1n) is 8.95. The van der Waals surface area contributed by atoms with Gasteiger partial charge >= 0.3 is 5.97 Å². The number of aliphatic hydroxyl groups is 1. The highest BCUT2D eigenvalue weighted by Crippen LogP contribution is 2.62. The van der Waals surface area contributed by atoms with Crippen molar-refractivity contribution in [1.82, 2.24) is 5.16 Å². The molecule has 4 bridgehead atoms. The number of hydrogen-bond acceptors (Lipinski definition) is 6. The molecule has 1 aromatic rings. The van der Waals surface area contributed by atoms with Crippen molar-refractivity contribution in [2.75, 3.05) is 5.32 Å². The fraction of sp³-hybridized carbons (Fsp3) is 0.722. The number of ether oxygens (including phenoxy) is 1. The van der Waals surface area contributed by atoms with Crippen LogP contribution in [0.3, 0.4) is 0 Å². The van der Waals surface area contributed by atoms with Gasteiger partial charge in [0.05, 0.1) is 11.0 Å². The van der Waals surface area contributed by atoms with E-state index >= 15 is 0 Å². The zero-order valence-corrected chi connectivity index (χ0v) is 14.6. The van der Waals surface area contributed by atoms with Gasteiger partial charge in [-0.15, -0.1) is 0 Å². The monoisotopic (exact) mass is 348 g/mol. The third-order valence-electron chi connectivity index (χ3n) is 6.00. The Morgan fingerprint density at radius 2 is 2.04 bits per heavy atom. The number of esters is 1. The number of amides is 1. The summed E-state index contributed by atoms with van der Waals surface area (Å²) in [4.78, 5) is 25.1. The molecule has 5 rings (SSSR count). The van der Waals surface area contributed by atoms with E-state index in [1.54, 1.807) is 19.9 Å². The summed E-state index contributed by atoms with van der Waals surface area (Å²) in [5.74, 6) is 0.877. The summed E-state index contributed by atoms with van der Waals surface area (Å²) in [6, 6.07) is 1.60. The predicted molar refractivity (Wildman–Crippen MR) is 87.5 cm³/mol. The molecule has 4 aliphatic rings. The minimum absolute atomic E-state index is 0.300. The fourth-order valence-electron chi connectivity index (χ4n) is 5.45. The van der Waals surface area contributed by atoms with Gasteiger partial charge in [-0.05, 0) is 64.2 Å².